The van der Waals surface area contributed by atoms with Crippen LogP contribution < -0.4 is 5.56 Å². The summed E-state index contributed by atoms with van der Waals surface area (Å²) in [6, 6.07) is 1.52. The van der Waals surface area contributed by atoms with Crippen molar-refractivity contribution in [1.29, 1.82) is 0 Å². The predicted molar refractivity (Wildman–Crippen MR) is 97.0 cm³/mol. The molecule has 2 bridgehead atoms. The zero-order chi connectivity index (χ0) is 19.6. The fraction of sp³-hybridized carbons (Fsp3) is 0.450. The van der Waals surface area contributed by atoms with Crippen molar-refractivity contribution >= 4 is 12.2 Å². The molecule has 0 radical (unpaired) electrons. The molecular weight excluding hydrogens is 351 g/mol. The second kappa shape index (κ2) is 5.73. The Bertz CT molecular complexity index is 1000. The van der Waals surface area contributed by atoms with Crippen LogP contribution in [0, 0.1) is 5.41 Å². The summed E-state index contributed by atoms with van der Waals surface area (Å²) < 4.78 is 19.6. The molecule has 27 heavy (non-hydrogen) atoms. The number of cyclic esters (lactones) is 1. The van der Waals surface area contributed by atoms with Gasteiger partial charge in [-0.3, -0.25) is 9.79 Å². The van der Waals surface area contributed by atoms with Crippen LogP contribution in [0.3, 0.4) is 0 Å². The maximum Gasteiger partial charge on any atom is 0.343 e. The molecule has 1 aromatic heterocycles. The highest BCUT2D eigenvalue weighted by Crippen LogP contribution is 2.56. The van der Waals surface area contributed by atoms with E-state index in [-0.39, 0.29) is 35.6 Å². The average Bonchev–Trinajstić information content (AvgIpc) is 2.62. The number of nitrogens with zero attached hydrogens (tertiary/aromatic N) is 2. The lowest BCUT2D eigenvalue weighted by Crippen LogP contribution is -2.50. The third kappa shape index (κ3) is 2.24. The van der Waals surface area contributed by atoms with Crippen LogP contribution in [-0.2, 0) is 21.7 Å². The molecule has 0 saturated heterocycles. The smallest absolute Gasteiger partial charge is 0.343 e. The number of fused-ring (bicyclic) bond motifs is 2. The van der Waals surface area contributed by atoms with Crippen molar-refractivity contribution < 1.29 is 19.0 Å². The lowest BCUT2D eigenvalue weighted by atomic mass is 9.61. The fourth-order valence-corrected chi connectivity index (χ4v) is 4.36. The summed E-state index contributed by atoms with van der Waals surface area (Å²) in [5, 5.41) is 10.8. The number of allylic oxidation sites excluding steroid dienone is 2. The molecule has 0 amide bonds. The first-order valence-electron chi connectivity index (χ1n) is 8.98. The van der Waals surface area contributed by atoms with Crippen LogP contribution in [0.15, 0.2) is 39.5 Å². The highest BCUT2D eigenvalue weighted by atomic mass is 19.1. The number of aliphatic hydroxyl groups is 1. The summed E-state index contributed by atoms with van der Waals surface area (Å²) in [6.07, 6.45) is 3.95. The van der Waals surface area contributed by atoms with Crippen LogP contribution in [0.25, 0.3) is 0 Å². The van der Waals surface area contributed by atoms with Gasteiger partial charge in [-0.25, -0.2) is 9.18 Å². The Kier molecular flexibility index (Phi) is 3.79. The molecule has 1 saturated carbocycles. The predicted octanol–water partition coefficient (Wildman–Crippen LogP) is 2.64. The van der Waals surface area contributed by atoms with Gasteiger partial charge in [0.15, 0.2) is 5.60 Å². The number of aromatic nitrogens is 1. The van der Waals surface area contributed by atoms with Gasteiger partial charge in [-0.05, 0) is 30.6 Å². The molecule has 2 atom stereocenters. The van der Waals surface area contributed by atoms with E-state index in [0.29, 0.717) is 29.7 Å². The van der Waals surface area contributed by atoms with Gasteiger partial charge in [-0.15, -0.1) is 0 Å². The largest absolute Gasteiger partial charge is 0.458 e. The first-order chi connectivity index (χ1) is 12.8. The van der Waals surface area contributed by atoms with E-state index in [0.717, 1.165) is 5.57 Å². The molecule has 0 spiro atoms. The topological polar surface area (TPSA) is 80.9 Å². The number of hydrogen-bond donors (Lipinski definition) is 1. The van der Waals surface area contributed by atoms with Crippen LogP contribution in [0.4, 0.5) is 4.39 Å². The van der Waals surface area contributed by atoms with Gasteiger partial charge in [0.1, 0.15) is 6.61 Å². The second-order valence-corrected chi connectivity index (χ2v) is 7.78. The van der Waals surface area contributed by atoms with Gasteiger partial charge < -0.3 is 14.4 Å². The highest BCUT2D eigenvalue weighted by Gasteiger charge is 2.50. The number of carbonyl (C=O) groups excluding carboxylic acids is 1. The van der Waals surface area contributed by atoms with E-state index in [1.807, 2.05) is 13.8 Å². The molecule has 4 aliphatic rings. The number of pyridine rings is 1. The molecule has 1 N–H and O–H groups in total. The van der Waals surface area contributed by atoms with E-state index in [4.69, 9.17) is 4.74 Å². The summed E-state index contributed by atoms with van der Waals surface area (Å²) in [5.74, 6) is -0.753. The minimum Gasteiger partial charge on any atom is -0.458 e. The molecule has 142 valence electrons. The molecule has 4 heterocycles. The number of hydrogen-bond acceptors (Lipinski definition) is 5. The lowest BCUT2D eigenvalue weighted by molar-refractivity contribution is -0.172. The van der Waals surface area contributed by atoms with E-state index >= 15 is 0 Å². The summed E-state index contributed by atoms with van der Waals surface area (Å²) in [4.78, 5) is 29.8. The van der Waals surface area contributed by atoms with Gasteiger partial charge in [-0.1, -0.05) is 20.8 Å². The van der Waals surface area contributed by atoms with Gasteiger partial charge in [0, 0.05) is 17.0 Å². The van der Waals surface area contributed by atoms with Crippen molar-refractivity contribution in [3.8, 4) is 0 Å². The Morgan fingerprint density at radius 1 is 1.44 bits per heavy atom. The standard InChI is InChI=1S/C20H21FN2O4/c1-4-20(26)13-7-11-9-22-15(5-6-21)14-8-16(19(14,2)3)23(11)17(24)12(13)10-27-18(20)25/h5-7,9,16,26H,4,8,10H2,1-3H3/b6-5+,15-14+,22-9?/t16?,20-/m0/s1. The van der Waals surface area contributed by atoms with Gasteiger partial charge in [0.25, 0.3) is 5.56 Å². The third-order valence-electron chi connectivity index (χ3n) is 6.20. The van der Waals surface area contributed by atoms with Crippen molar-refractivity contribution in [3.63, 3.8) is 0 Å². The number of ether oxygens (including phenoxy) is 1. The molecule has 3 aliphatic heterocycles. The minimum atomic E-state index is -1.85. The van der Waals surface area contributed by atoms with Crippen LogP contribution >= 0.6 is 0 Å². The molecule has 5 rings (SSSR count). The third-order valence-corrected chi connectivity index (χ3v) is 6.20. The first-order valence-corrected chi connectivity index (χ1v) is 8.98. The van der Waals surface area contributed by atoms with E-state index in [9.17, 15) is 19.1 Å². The Balaban J connectivity index is 2.00. The zero-order valence-electron chi connectivity index (χ0n) is 15.5. The number of halogens is 1. The van der Waals surface area contributed by atoms with Gasteiger partial charge >= 0.3 is 5.97 Å². The molecule has 7 heteroatoms. The van der Waals surface area contributed by atoms with Gasteiger partial charge in [0.2, 0.25) is 0 Å². The summed E-state index contributed by atoms with van der Waals surface area (Å²) in [5.41, 5.74) is 0.0890. The second-order valence-electron chi connectivity index (χ2n) is 7.78. The van der Waals surface area contributed by atoms with E-state index in [2.05, 4.69) is 4.99 Å². The van der Waals surface area contributed by atoms with Gasteiger partial charge in [0.05, 0.1) is 29.5 Å². The normalized spacial score (nSPS) is 30.9. The van der Waals surface area contributed by atoms with Crippen molar-refractivity contribution in [2.45, 2.75) is 51.9 Å². The molecule has 1 aliphatic carbocycles. The fourth-order valence-electron chi connectivity index (χ4n) is 4.36. The van der Waals surface area contributed by atoms with Crippen molar-refractivity contribution in [2.24, 2.45) is 10.4 Å². The van der Waals surface area contributed by atoms with Crippen LogP contribution in [0.5, 0.6) is 0 Å². The van der Waals surface area contributed by atoms with Crippen LogP contribution in [0.2, 0.25) is 0 Å². The van der Waals surface area contributed by atoms with E-state index in [1.54, 1.807) is 17.6 Å². The molecule has 0 aromatic carbocycles. The molecule has 1 aromatic rings. The lowest BCUT2D eigenvalue weighted by Gasteiger charge is -2.50. The number of carbonyl (C=O) groups is 1. The maximum atomic E-state index is 13.3. The summed E-state index contributed by atoms with van der Waals surface area (Å²) in [7, 11) is 0. The monoisotopic (exact) mass is 372 g/mol. The van der Waals surface area contributed by atoms with Crippen LogP contribution in [-0.4, -0.2) is 21.9 Å². The van der Waals surface area contributed by atoms with Crippen LogP contribution in [0.1, 0.15) is 56.5 Å². The van der Waals surface area contributed by atoms with Crippen molar-refractivity contribution in [2.75, 3.05) is 0 Å². The van der Waals surface area contributed by atoms with E-state index < -0.39 is 11.6 Å². The van der Waals surface area contributed by atoms with Gasteiger partial charge in [-0.2, -0.15) is 0 Å². The average molecular weight is 372 g/mol. The molecule has 6 nitrogen and oxygen atoms in total. The SMILES string of the molecule is CC[C@@]1(O)C(=O)OCc2c1cc1n(c2=O)C2C/C(=C(/C=C/F)N=C1)C2(C)C. The Morgan fingerprint density at radius 3 is 2.81 bits per heavy atom. The minimum absolute atomic E-state index is 0.0910. The Hall–Kier alpha value is -2.54. The molecular formula is C20H21FN2O4. The zero-order valence-corrected chi connectivity index (χ0v) is 15.5. The number of aliphatic imine (C=N–C) groups is 1. The van der Waals surface area contributed by atoms with E-state index in [1.165, 1.54) is 12.3 Å². The molecule has 1 unspecified atom stereocenters. The number of rotatable bonds is 2. The Labute approximate surface area is 155 Å². The molecule has 1 fully saturated rings. The first kappa shape index (κ1) is 17.9. The maximum absolute atomic E-state index is 13.3. The van der Waals surface area contributed by atoms with Crippen molar-refractivity contribution in [1.82, 2.24) is 4.57 Å². The summed E-state index contributed by atoms with van der Waals surface area (Å²) >= 11 is 0. The highest BCUT2D eigenvalue weighted by molar-refractivity contribution is 5.85. The summed E-state index contributed by atoms with van der Waals surface area (Å²) in [6.45, 7) is 5.51. The quantitative estimate of drug-likeness (QED) is 0.810. The Morgan fingerprint density at radius 2 is 2.19 bits per heavy atom. The van der Waals surface area contributed by atoms with Crippen molar-refractivity contribution in [3.05, 3.63) is 56.9 Å². The number of esters is 1.